The lowest BCUT2D eigenvalue weighted by molar-refractivity contribution is 0.474. The molecule has 0 aliphatic carbocycles. The molecule has 0 bridgehead atoms. The first-order chi connectivity index (χ1) is 10.1. The lowest BCUT2D eigenvalue weighted by Crippen LogP contribution is -1.91. The molecule has 0 radical (unpaired) electrons. The zero-order valence-corrected chi connectivity index (χ0v) is 13.5. The third-order valence-corrected chi connectivity index (χ3v) is 4.15. The summed E-state index contributed by atoms with van der Waals surface area (Å²) < 4.78 is 0. The molecule has 2 nitrogen and oxygen atoms in total. The van der Waals surface area contributed by atoms with Gasteiger partial charge < -0.3 is 5.11 Å². The number of benzene rings is 2. The predicted molar refractivity (Wildman–Crippen MR) is 92.3 cm³/mol. The van der Waals surface area contributed by atoms with Gasteiger partial charge >= 0.3 is 0 Å². The lowest BCUT2D eigenvalue weighted by atomic mass is 10.0. The molecule has 0 aromatic heterocycles. The van der Waals surface area contributed by atoms with Gasteiger partial charge in [0, 0.05) is 16.7 Å². The highest BCUT2D eigenvalue weighted by molar-refractivity contribution is 7.99. The van der Waals surface area contributed by atoms with Crippen molar-refractivity contribution in [3.63, 3.8) is 0 Å². The largest absolute Gasteiger partial charge is 0.507 e. The van der Waals surface area contributed by atoms with Crippen molar-refractivity contribution in [2.24, 2.45) is 4.99 Å². The molecule has 2 aromatic carbocycles. The highest BCUT2D eigenvalue weighted by Crippen LogP contribution is 2.36. The van der Waals surface area contributed by atoms with E-state index < -0.39 is 0 Å². The molecule has 0 heterocycles. The van der Waals surface area contributed by atoms with Gasteiger partial charge in [-0.05, 0) is 35.4 Å². The molecule has 0 spiro atoms. The molecule has 0 amide bonds. The molecule has 21 heavy (non-hydrogen) atoms. The van der Waals surface area contributed by atoms with Gasteiger partial charge in [-0.1, -0.05) is 45.0 Å². The van der Waals surface area contributed by atoms with E-state index in [1.54, 1.807) is 24.0 Å². The number of phenolic OH excluding ortho intramolecular Hbond substituents is 1. The first-order valence-corrected chi connectivity index (χ1v) is 8.19. The van der Waals surface area contributed by atoms with Crippen molar-refractivity contribution in [2.75, 3.05) is 5.75 Å². The topological polar surface area (TPSA) is 32.6 Å². The van der Waals surface area contributed by atoms with Crippen molar-refractivity contribution in [3.8, 4) is 5.75 Å². The van der Waals surface area contributed by atoms with Crippen LogP contribution in [0.3, 0.4) is 0 Å². The molecule has 0 unspecified atom stereocenters. The highest BCUT2D eigenvalue weighted by atomic mass is 32.2. The summed E-state index contributed by atoms with van der Waals surface area (Å²) in [7, 11) is 0. The van der Waals surface area contributed by atoms with Gasteiger partial charge in [-0.15, -0.1) is 11.8 Å². The molecule has 0 aliphatic rings. The second-order valence-corrected chi connectivity index (χ2v) is 6.40. The summed E-state index contributed by atoms with van der Waals surface area (Å²) in [6, 6.07) is 13.6. The fourth-order valence-corrected chi connectivity index (χ4v) is 2.94. The molecule has 2 aromatic rings. The maximum Gasteiger partial charge on any atom is 0.124 e. The number of hydrogen-bond donors (Lipinski definition) is 1. The Labute approximate surface area is 130 Å². The zero-order valence-electron chi connectivity index (χ0n) is 12.7. The summed E-state index contributed by atoms with van der Waals surface area (Å²) in [6.07, 6.45) is 1.75. The van der Waals surface area contributed by atoms with Crippen molar-refractivity contribution >= 4 is 23.7 Å². The van der Waals surface area contributed by atoms with Crippen LogP contribution in [0.2, 0.25) is 0 Å². The van der Waals surface area contributed by atoms with E-state index in [2.05, 4.69) is 44.0 Å². The van der Waals surface area contributed by atoms with Crippen LogP contribution in [0.5, 0.6) is 5.75 Å². The summed E-state index contributed by atoms with van der Waals surface area (Å²) in [5.41, 5.74) is 2.99. The fraction of sp³-hybridized carbons (Fsp3) is 0.278. The summed E-state index contributed by atoms with van der Waals surface area (Å²) >= 11 is 1.80. The zero-order chi connectivity index (χ0) is 15.2. The SMILES string of the molecule is CCSc1cccc(C(C)C)c1N=Cc1ccccc1O. The molecular weight excluding hydrogens is 278 g/mol. The number of aromatic hydroxyl groups is 1. The molecule has 0 atom stereocenters. The van der Waals surface area contributed by atoms with E-state index in [1.165, 1.54) is 10.5 Å². The predicted octanol–water partition coefficient (Wildman–Crippen LogP) is 5.38. The average molecular weight is 299 g/mol. The van der Waals surface area contributed by atoms with E-state index in [9.17, 15) is 5.11 Å². The van der Waals surface area contributed by atoms with E-state index in [1.807, 2.05) is 18.2 Å². The van der Waals surface area contributed by atoms with Crippen LogP contribution < -0.4 is 0 Å². The van der Waals surface area contributed by atoms with Crippen molar-refractivity contribution in [1.29, 1.82) is 0 Å². The van der Waals surface area contributed by atoms with Gasteiger partial charge in [-0.2, -0.15) is 0 Å². The molecule has 0 saturated heterocycles. The van der Waals surface area contributed by atoms with E-state index >= 15 is 0 Å². The summed E-state index contributed by atoms with van der Waals surface area (Å²) in [5.74, 6) is 1.69. The Hall–Kier alpha value is -1.74. The third kappa shape index (κ3) is 3.88. The first-order valence-electron chi connectivity index (χ1n) is 7.21. The van der Waals surface area contributed by atoms with Crippen LogP contribution in [0.25, 0.3) is 0 Å². The number of thioether (sulfide) groups is 1. The Morgan fingerprint density at radius 1 is 1.14 bits per heavy atom. The second kappa shape index (κ2) is 7.32. The van der Waals surface area contributed by atoms with Gasteiger partial charge in [0.1, 0.15) is 5.75 Å². The minimum atomic E-state index is 0.257. The maximum atomic E-state index is 9.84. The Morgan fingerprint density at radius 2 is 1.90 bits per heavy atom. The molecule has 1 N–H and O–H groups in total. The average Bonchev–Trinajstić information content (AvgIpc) is 2.47. The van der Waals surface area contributed by atoms with Gasteiger partial charge in [0.25, 0.3) is 0 Å². The second-order valence-electron chi connectivity index (χ2n) is 5.10. The number of rotatable bonds is 5. The maximum absolute atomic E-state index is 9.84. The van der Waals surface area contributed by atoms with E-state index in [0.717, 1.165) is 17.0 Å². The molecular formula is C18H21NOS. The fourth-order valence-electron chi connectivity index (χ4n) is 2.15. The number of aliphatic imine (C=N–C) groups is 1. The lowest BCUT2D eigenvalue weighted by Gasteiger charge is -2.13. The van der Waals surface area contributed by atoms with Gasteiger partial charge in [0.05, 0.1) is 5.69 Å². The van der Waals surface area contributed by atoms with Crippen LogP contribution in [-0.4, -0.2) is 17.1 Å². The normalized spacial score (nSPS) is 11.4. The molecule has 2 rings (SSSR count). The van der Waals surface area contributed by atoms with Crippen molar-refractivity contribution in [1.82, 2.24) is 0 Å². The summed E-state index contributed by atoms with van der Waals surface area (Å²) in [4.78, 5) is 5.86. The Kier molecular flexibility index (Phi) is 5.45. The summed E-state index contributed by atoms with van der Waals surface area (Å²) in [6.45, 7) is 6.49. The smallest absolute Gasteiger partial charge is 0.124 e. The molecule has 110 valence electrons. The Bertz CT molecular complexity index is 635. The van der Waals surface area contributed by atoms with Crippen LogP contribution in [-0.2, 0) is 0 Å². The van der Waals surface area contributed by atoms with Gasteiger partial charge in [0.15, 0.2) is 0 Å². The van der Waals surface area contributed by atoms with Crippen molar-refractivity contribution in [3.05, 3.63) is 53.6 Å². The van der Waals surface area contributed by atoms with Crippen LogP contribution in [0.15, 0.2) is 52.4 Å². The van der Waals surface area contributed by atoms with Gasteiger partial charge in [-0.25, -0.2) is 0 Å². The van der Waals surface area contributed by atoms with Crippen LogP contribution >= 0.6 is 11.8 Å². The minimum Gasteiger partial charge on any atom is -0.507 e. The van der Waals surface area contributed by atoms with Crippen LogP contribution in [0.4, 0.5) is 5.69 Å². The van der Waals surface area contributed by atoms with Crippen molar-refractivity contribution < 1.29 is 5.11 Å². The number of phenols is 1. The third-order valence-electron chi connectivity index (χ3n) is 3.22. The Morgan fingerprint density at radius 3 is 2.57 bits per heavy atom. The van der Waals surface area contributed by atoms with Gasteiger partial charge in [-0.3, -0.25) is 4.99 Å². The monoisotopic (exact) mass is 299 g/mol. The minimum absolute atomic E-state index is 0.257. The quantitative estimate of drug-likeness (QED) is 0.594. The number of nitrogens with zero attached hydrogens (tertiary/aromatic N) is 1. The van der Waals surface area contributed by atoms with E-state index in [-0.39, 0.29) is 5.75 Å². The highest BCUT2D eigenvalue weighted by Gasteiger charge is 2.10. The number of para-hydroxylation sites is 2. The molecule has 0 aliphatic heterocycles. The van der Waals surface area contributed by atoms with Crippen LogP contribution in [0, 0.1) is 0 Å². The molecule has 0 saturated carbocycles. The van der Waals surface area contributed by atoms with E-state index in [0.29, 0.717) is 5.92 Å². The van der Waals surface area contributed by atoms with Crippen molar-refractivity contribution in [2.45, 2.75) is 31.6 Å². The first kappa shape index (κ1) is 15.6. The summed E-state index contributed by atoms with van der Waals surface area (Å²) in [5, 5.41) is 9.84. The van der Waals surface area contributed by atoms with E-state index in [4.69, 9.17) is 0 Å². The number of hydrogen-bond acceptors (Lipinski definition) is 3. The molecule has 3 heteroatoms. The van der Waals surface area contributed by atoms with Gasteiger partial charge in [0.2, 0.25) is 0 Å². The Balaban J connectivity index is 2.44. The standard InChI is InChI=1S/C18H21NOS/c1-4-21-17-11-7-9-15(13(2)3)18(17)19-12-14-8-5-6-10-16(14)20/h5-13,20H,4H2,1-3H3. The molecule has 0 fully saturated rings. The van der Waals surface area contributed by atoms with Crippen LogP contribution in [0.1, 0.15) is 37.8 Å².